The number of nitrogens with zero attached hydrogens (tertiary/aromatic N) is 5. The number of rotatable bonds is 5. The molecule has 0 radical (unpaired) electrons. The van der Waals surface area contributed by atoms with Crippen molar-refractivity contribution in [1.82, 2.24) is 14.8 Å². The van der Waals surface area contributed by atoms with Gasteiger partial charge in [-0.15, -0.1) is 0 Å². The molecule has 21 heavy (non-hydrogen) atoms. The van der Waals surface area contributed by atoms with Crippen LogP contribution in [-0.4, -0.2) is 40.9 Å². The van der Waals surface area contributed by atoms with Gasteiger partial charge in [0.2, 0.25) is 0 Å². The summed E-state index contributed by atoms with van der Waals surface area (Å²) in [4.78, 5) is 9.05. The Balaban J connectivity index is 1.50. The molecule has 1 fully saturated rings. The van der Waals surface area contributed by atoms with Crippen molar-refractivity contribution in [3.63, 3.8) is 0 Å². The van der Waals surface area contributed by atoms with Crippen LogP contribution in [0.3, 0.4) is 0 Å². The van der Waals surface area contributed by atoms with Crippen molar-refractivity contribution in [2.45, 2.75) is 19.4 Å². The quantitative estimate of drug-likeness (QED) is 0.841. The molecule has 5 heteroatoms. The van der Waals surface area contributed by atoms with E-state index in [4.69, 9.17) is 0 Å². The third-order valence-corrected chi connectivity index (χ3v) is 4.44. The van der Waals surface area contributed by atoms with Gasteiger partial charge in [0.05, 0.1) is 17.9 Å². The lowest BCUT2D eigenvalue weighted by atomic mass is 10.1. The molecule has 0 atom stereocenters. The summed E-state index contributed by atoms with van der Waals surface area (Å²) in [6.07, 6.45) is 6.21. The van der Waals surface area contributed by atoms with Crippen LogP contribution in [0.4, 0.5) is 11.4 Å². The van der Waals surface area contributed by atoms with Crippen LogP contribution in [0.15, 0.2) is 36.9 Å². The predicted molar refractivity (Wildman–Crippen MR) is 83.6 cm³/mol. The van der Waals surface area contributed by atoms with Crippen molar-refractivity contribution < 1.29 is 0 Å². The van der Waals surface area contributed by atoms with Crippen molar-refractivity contribution in [2.75, 3.05) is 36.0 Å². The van der Waals surface area contributed by atoms with E-state index in [1.807, 2.05) is 4.68 Å². The van der Waals surface area contributed by atoms with Gasteiger partial charge in [-0.05, 0) is 30.9 Å². The number of anilines is 2. The average Bonchev–Trinajstić information content (AvgIpc) is 3.19. The Hall–Kier alpha value is -2.04. The van der Waals surface area contributed by atoms with Crippen LogP contribution in [0.1, 0.15) is 12.8 Å². The molecular weight excluding hydrogens is 262 g/mol. The van der Waals surface area contributed by atoms with Crippen molar-refractivity contribution in [3.05, 3.63) is 36.9 Å². The van der Waals surface area contributed by atoms with Crippen molar-refractivity contribution in [2.24, 2.45) is 5.92 Å². The van der Waals surface area contributed by atoms with Gasteiger partial charge >= 0.3 is 0 Å². The summed E-state index contributed by atoms with van der Waals surface area (Å²) >= 11 is 0. The molecule has 2 heterocycles. The van der Waals surface area contributed by atoms with Crippen molar-refractivity contribution in [3.8, 4) is 0 Å². The van der Waals surface area contributed by atoms with Gasteiger partial charge in [-0.2, -0.15) is 5.10 Å². The van der Waals surface area contributed by atoms with E-state index in [-0.39, 0.29) is 0 Å². The lowest BCUT2D eigenvalue weighted by molar-refractivity contribution is 0.580. The van der Waals surface area contributed by atoms with E-state index in [1.165, 1.54) is 30.8 Å². The summed E-state index contributed by atoms with van der Waals surface area (Å²) < 4.78 is 1.90. The topological polar surface area (TPSA) is 37.2 Å². The number of hydrogen-bond acceptors (Lipinski definition) is 4. The fraction of sp³-hybridized carbons (Fsp3) is 0.500. The Bertz CT molecular complexity index is 590. The maximum atomic E-state index is 4.19. The van der Waals surface area contributed by atoms with Gasteiger partial charge in [-0.3, -0.25) is 4.68 Å². The average molecular weight is 283 g/mol. The summed E-state index contributed by atoms with van der Waals surface area (Å²) in [6.45, 7) is 5.33. The molecule has 1 saturated carbocycles. The molecule has 1 aliphatic carbocycles. The third-order valence-electron chi connectivity index (χ3n) is 4.44. The Morgan fingerprint density at radius 3 is 2.48 bits per heavy atom. The lowest BCUT2D eigenvalue weighted by Crippen LogP contribution is -2.43. The second-order valence-corrected chi connectivity index (χ2v) is 6.02. The van der Waals surface area contributed by atoms with Crippen LogP contribution in [0.5, 0.6) is 0 Å². The highest BCUT2D eigenvalue weighted by molar-refractivity contribution is 5.73. The monoisotopic (exact) mass is 283 g/mol. The van der Waals surface area contributed by atoms with Gasteiger partial charge in [-0.1, -0.05) is 12.1 Å². The zero-order chi connectivity index (χ0) is 14.1. The van der Waals surface area contributed by atoms with Gasteiger partial charge in [0.15, 0.2) is 0 Å². The molecule has 0 spiro atoms. The largest absolute Gasteiger partial charge is 0.368 e. The van der Waals surface area contributed by atoms with Crippen LogP contribution in [0, 0.1) is 5.92 Å². The van der Waals surface area contributed by atoms with E-state index in [2.05, 4.69) is 44.1 Å². The first-order valence-electron chi connectivity index (χ1n) is 7.81. The van der Waals surface area contributed by atoms with E-state index >= 15 is 0 Å². The number of benzene rings is 1. The first kappa shape index (κ1) is 12.7. The van der Waals surface area contributed by atoms with Gasteiger partial charge in [0, 0.05) is 26.2 Å². The van der Waals surface area contributed by atoms with Crippen LogP contribution in [0.25, 0.3) is 0 Å². The number of para-hydroxylation sites is 2. The minimum Gasteiger partial charge on any atom is -0.368 e. The molecule has 2 aliphatic rings. The summed E-state index contributed by atoms with van der Waals surface area (Å²) in [7, 11) is 0. The van der Waals surface area contributed by atoms with Gasteiger partial charge in [-0.25, -0.2) is 4.98 Å². The lowest BCUT2D eigenvalue weighted by Gasteiger charge is -2.39. The Morgan fingerprint density at radius 1 is 1.00 bits per heavy atom. The van der Waals surface area contributed by atoms with Crippen LogP contribution in [-0.2, 0) is 6.54 Å². The Morgan fingerprint density at radius 2 is 1.76 bits per heavy atom. The van der Waals surface area contributed by atoms with E-state index in [9.17, 15) is 0 Å². The fourth-order valence-electron chi connectivity index (χ4n) is 3.09. The third kappa shape index (κ3) is 2.73. The molecule has 0 N–H and O–H groups in total. The van der Waals surface area contributed by atoms with Gasteiger partial charge in [0.1, 0.15) is 12.7 Å². The minimum absolute atomic E-state index is 0.886. The first-order chi connectivity index (χ1) is 10.4. The van der Waals surface area contributed by atoms with Gasteiger partial charge in [0.25, 0.3) is 0 Å². The van der Waals surface area contributed by atoms with Crippen LogP contribution in [0.2, 0.25) is 0 Å². The zero-order valence-electron chi connectivity index (χ0n) is 12.2. The van der Waals surface area contributed by atoms with E-state index in [1.54, 1.807) is 12.7 Å². The van der Waals surface area contributed by atoms with E-state index in [0.717, 1.165) is 32.1 Å². The van der Waals surface area contributed by atoms with Crippen LogP contribution < -0.4 is 9.80 Å². The number of aromatic nitrogens is 3. The summed E-state index contributed by atoms with van der Waals surface area (Å²) in [6, 6.07) is 8.80. The summed E-state index contributed by atoms with van der Waals surface area (Å²) in [5.74, 6) is 0.930. The van der Waals surface area contributed by atoms with Crippen molar-refractivity contribution in [1.29, 1.82) is 0 Å². The highest BCUT2D eigenvalue weighted by Gasteiger charge is 2.28. The molecule has 4 rings (SSSR count). The zero-order valence-corrected chi connectivity index (χ0v) is 12.2. The Kier molecular flexibility index (Phi) is 3.25. The molecule has 1 aliphatic heterocycles. The minimum atomic E-state index is 0.886. The smallest absolute Gasteiger partial charge is 0.137 e. The van der Waals surface area contributed by atoms with Gasteiger partial charge < -0.3 is 9.80 Å². The standard InChI is InChI=1S/C16H21N5/c1-2-4-16-15(3-1)19(9-10-21-13-17-12-18-21)7-8-20(16)11-14-5-6-14/h1-4,12-14H,5-11H2. The number of hydrogen-bond donors (Lipinski definition) is 0. The molecule has 5 nitrogen and oxygen atoms in total. The molecular formula is C16H21N5. The molecule has 0 bridgehead atoms. The Labute approximate surface area is 125 Å². The first-order valence-corrected chi connectivity index (χ1v) is 7.81. The highest BCUT2D eigenvalue weighted by Crippen LogP contribution is 2.37. The molecule has 2 aromatic rings. The molecule has 0 amide bonds. The predicted octanol–water partition coefficient (Wildman–Crippen LogP) is 2.01. The normalized spacial score (nSPS) is 17.9. The summed E-state index contributed by atoms with van der Waals surface area (Å²) in [5, 5.41) is 4.19. The van der Waals surface area contributed by atoms with E-state index < -0.39 is 0 Å². The second kappa shape index (κ2) is 5.39. The molecule has 1 aromatic heterocycles. The fourth-order valence-corrected chi connectivity index (χ4v) is 3.09. The van der Waals surface area contributed by atoms with Crippen molar-refractivity contribution >= 4 is 11.4 Å². The number of fused-ring (bicyclic) bond motifs is 1. The van der Waals surface area contributed by atoms with E-state index in [0.29, 0.717) is 0 Å². The SMILES string of the molecule is c1ccc2c(c1)N(CCn1cncn1)CCN2CC1CC1. The molecule has 1 aromatic carbocycles. The second-order valence-electron chi connectivity index (χ2n) is 6.02. The maximum absolute atomic E-state index is 4.19. The maximum Gasteiger partial charge on any atom is 0.137 e. The highest BCUT2D eigenvalue weighted by atomic mass is 15.3. The van der Waals surface area contributed by atoms with Crippen LogP contribution >= 0.6 is 0 Å². The molecule has 0 unspecified atom stereocenters. The summed E-state index contributed by atoms with van der Waals surface area (Å²) in [5.41, 5.74) is 2.76. The molecule has 0 saturated heterocycles. The molecule has 110 valence electrons.